The number of carbonyl (C=O) groups is 2. The van der Waals surface area contributed by atoms with Gasteiger partial charge in [-0.1, -0.05) is 20.8 Å². The van der Waals surface area contributed by atoms with Gasteiger partial charge in [-0.3, -0.25) is 14.5 Å². The molecule has 0 aliphatic carbocycles. The molecule has 10 heteroatoms. The van der Waals surface area contributed by atoms with Gasteiger partial charge in [-0.2, -0.15) is 13.2 Å². The fourth-order valence-corrected chi connectivity index (χ4v) is 3.44. The molecule has 0 spiro atoms. The van der Waals surface area contributed by atoms with Crippen LogP contribution in [0.4, 0.5) is 24.5 Å². The van der Waals surface area contributed by atoms with Gasteiger partial charge in [-0.05, 0) is 30.7 Å². The smallest absolute Gasteiger partial charge is 0.370 e. The van der Waals surface area contributed by atoms with Crippen LogP contribution in [0.15, 0.2) is 18.2 Å². The number of rotatable bonds is 8. The van der Waals surface area contributed by atoms with E-state index in [0.717, 1.165) is 11.0 Å². The summed E-state index contributed by atoms with van der Waals surface area (Å²) in [4.78, 5) is 27.7. The highest BCUT2D eigenvalue weighted by molar-refractivity contribution is 5.98. The quantitative estimate of drug-likeness (QED) is 0.661. The van der Waals surface area contributed by atoms with Gasteiger partial charge in [0.05, 0.1) is 17.9 Å². The number of nitrogens with two attached hydrogens (primary N) is 1. The van der Waals surface area contributed by atoms with Gasteiger partial charge in [-0.15, -0.1) is 0 Å². The summed E-state index contributed by atoms with van der Waals surface area (Å²) in [6.07, 6.45) is -4.70. The first-order valence-corrected chi connectivity index (χ1v) is 9.92. The first-order valence-electron chi connectivity index (χ1n) is 9.92. The maximum atomic E-state index is 13.7. The molecule has 1 fully saturated rings. The van der Waals surface area contributed by atoms with Crippen LogP contribution in [0.3, 0.4) is 0 Å². The maximum Gasteiger partial charge on any atom is 0.418 e. The highest BCUT2D eigenvalue weighted by Crippen LogP contribution is 2.38. The second-order valence-electron chi connectivity index (χ2n) is 7.55. The summed E-state index contributed by atoms with van der Waals surface area (Å²) >= 11 is 0. The molecule has 0 unspecified atom stereocenters. The second-order valence-corrected chi connectivity index (χ2v) is 7.55. The highest BCUT2D eigenvalue weighted by atomic mass is 19.4. The molecule has 1 aromatic rings. The molecule has 0 radical (unpaired) electrons. The Kier molecular flexibility index (Phi) is 8.22. The van der Waals surface area contributed by atoms with Crippen LogP contribution in [0.1, 0.15) is 26.3 Å². The average Bonchev–Trinajstić information content (AvgIpc) is 2.67. The van der Waals surface area contributed by atoms with Gasteiger partial charge in [0.2, 0.25) is 5.91 Å². The molecule has 3 N–H and O–H groups in total. The number of nitrogens with one attached hydrogen (secondary N) is 1. The lowest BCUT2D eigenvalue weighted by Gasteiger charge is -2.31. The molecule has 0 saturated carbocycles. The summed E-state index contributed by atoms with van der Waals surface area (Å²) < 4.78 is 46.1. The lowest BCUT2D eigenvalue weighted by atomic mass is 10.1. The Bertz CT molecular complexity index is 755. The zero-order chi connectivity index (χ0) is 22.5. The van der Waals surface area contributed by atoms with E-state index in [-0.39, 0.29) is 37.7 Å². The predicted octanol–water partition coefficient (Wildman–Crippen LogP) is 2.31. The zero-order valence-electron chi connectivity index (χ0n) is 17.5. The van der Waals surface area contributed by atoms with Gasteiger partial charge in [0, 0.05) is 25.3 Å². The number of likely N-dealkylation sites (N-methyl/N-ethyl adjacent to an activating group) is 1. The van der Waals surface area contributed by atoms with Crippen molar-refractivity contribution in [2.24, 2.45) is 11.7 Å². The minimum absolute atomic E-state index is 0.00386. The van der Waals surface area contributed by atoms with Crippen molar-refractivity contribution in [3.8, 4) is 0 Å². The Morgan fingerprint density at radius 2 is 2.07 bits per heavy atom. The number of hydrogen-bond donors (Lipinski definition) is 2. The molecular formula is C20H29F3N4O3. The Hall–Kier alpha value is -2.17. The van der Waals surface area contributed by atoms with E-state index >= 15 is 0 Å². The molecule has 1 heterocycles. The summed E-state index contributed by atoms with van der Waals surface area (Å²) in [5.74, 6) is -0.712. The second kappa shape index (κ2) is 10.2. The first-order chi connectivity index (χ1) is 14.1. The maximum absolute atomic E-state index is 13.7. The minimum Gasteiger partial charge on any atom is -0.370 e. The summed E-state index contributed by atoms with van der Waals surface area (Å²) in [5, 5.41) is 2.55. The number of halogens is 3. The molecule has 1 aliphatic heterocycles. The Morgan fingerprint density at radius 3 is 2.60 bits per heavy atom. The molecule has 1 atom stereocenters. The number of nitrogens with zero attached hydrogens (tertiary/aromatic N) is 2. The molecule has 30 heavy (non-hydrogen) atoms. The van der Waals surface area contributed by atoms with Gasteiger partial charge in [-0.25, -0.2) is 0 Å². The van der Waals surface area contributed by atoms with Crippen LogP contribution in [-0.4, -0.2) is 62.1 Å². The number of ether oxygens (including phenoxy) is 1. The van der Waals surface area contributed by atoms with Gasteiger partial charge < -0.3 is 20.7 Å². The number of hydrogen-bond acceptors (Lipinski definition) is 5. The van der Waals surface area contributed by atoms with Gasteiger partial charge in [0.25, 0.3) is 5.91 Å². The van der Waals surface area contributed by atoms with E-state index in [1.807, 2.05) is 25.7 Å². The topological polar surface area (TPSA) is 87.9 Å². The minimum atomic E-state index is -4.70. The largest absolute Gasteiger partial charge is 0.418 e. The SMILES string of the molecule is CCN(CC(C)C)[C@H](CN)C(=O)Nc1ccc(N2CCOCC2=O)c(C(F)(F)F)c1. The summed E-state index contributed by atoms with van der Waals surface area (Å²) in [6, 6.07) is 2.75. The molecule has 1 aliphatic rings. The number of benzene rings is 1. The number of anilines is 2. The Labute approximate surface area is 174 Å². The van der Waals surface area contributed by atoms with Crippen molar-refractivity contribution >= 4 is 23.2 Å². The van der Waals surface area contributed by atoms with E-state index in [1.165, 1.54) is 12.1 Å². The third kappa shape index (κ3) is 5.93. The number of amides is 2. The molecule has 1 saturated heterocycles. The number of morpholine rings is 1. The third-order valence-electron chi connectivity index (χ3n) is 4.82. The van der Waals surface area contributed by atoms with Gasteiger partial charge >= 0.3 is 6.18 Å². The van der Waals surface area contributed by atoms with Crippen molar-refractivity contribution in [3.63, 3.8) is 0 Å². The van der Waals surface area contributed by atoms with Crippen LogP contribution in [0.25, 0.3) is 0 Å². The van der Waals surface area contributed by atoms with Crippen molar-refractivity contribution in [1.82, 2.24) is 4.90 Å². The van der Waals surface area contributed by atoms with E-state index in [9.17, 15) is 22.8 Å². The fraction of sp³-hybridized carbons (Fsp3) is 0.600. The van der Waals surface area contributed by atoms with Gasteiger partial charge in [0.1, 0.15) is 12.6 Å². The van der Waals surface area contributed by atoms with Crippen LogP contribution in [0.2, 0.25) is 0 Å². The van der Waals surface area contributed by atoms with Crippen molar-refractivity contribution in [1.29, 1.82) is 0 Å². The molecule has 2 amide bonds. The van der Waals surface area contributed by atoms with Crippen molar-refractivity contribution in [3.05, 3.63) is 23.8 Å². The Morgan fingerprint density at radius 1 is 1.37 bits per heavy atom. The van der Waals surface area contributed by atoms with Crippen LogP contribution in [0.5, 0.6) is 0 Å². The van der Waals surface area contributed by atoms with Gasteiger partial charge in [0.15, 0.2) is 0 Å². The third-order valence-corrected chi connectivity index (χ3v) is 4.82. The summed E-state index contributed by atoms with van der Waals surface area (Å²) in [6.45, 7) is 7.09. The molecule has 168 valence electrons. The van der Waals surface area contributed by atoms with E-state index < -0.39 is 29.6 Å². The van der Waals surface area contributed by atoms with Crippen molar-refractivity contribution < 1.29 is 27.5 Å². The number of alkyl halides is 3. The molecular weight excluding hydrogens is 401 g/mol. The number of carbonyl (C=O) groups excluding carboxylic acids is 2. The van der Waals surface area contributed by atoms with E-state index in [2.05, 4.69) is 5.32 Å². The highest BCUT2D eigenvalue weighted by Gasteiger charge is 2.37. The first kappa shape index (κ1) is 24.1. The average molecular weight is 430 g/mol. The van der Waals surface area contributed by atoms with Crippen molar-refractivity contribution in [2.75, 3.05) is 49.6 Å². The monoisotopic (exact) mass is 430 g/mol. The lowest BCUT2D eigenvalue weighted by molar-refractivity contribution is -0.137. The summed E-state index contributed by atoms with van der Waals surface area (Å²) in [5.41, 5.74) is 4.53. The Balaban J connectivity index is 2.29. The fourth-order valence-electron chi connectivity index (χ4n) is 3.44. The molecule has 7 nitrogen and oxygen atoms in total. The predicted molar refractivity (Wildman–Crippen MR) is 108 cm³/mol. The van der Waals surface area contributed by atoms with E-state index in [4.69, 9.17) is 10.5 Å². The summed E-state index contributed by atoms with van der Waals surface area (Å²) in [7, 11) is 0. The molecule has 1 aromatic carbocycles. The van der Waals surface area contributed by atoms with Crippen LogP contribution in [-0.2, 0) is 20.5 Å². The van der Waals surface area contributed by atoms with Crippen LogP contribution < -0.4 is 16.0 Å². The van der Waals surface area contributed by atoms with Crippen LogP contribution in [0, 0.1) is 5.92 Å². The van der Waals surface area contributed by atoms with Crippen molar-refractivity contribution in [2.45, 2.75) is 33.0 Å². The van der Waals surface area contributed by atoms with E-state index in [1.54, 1.807) is 0 Å². The standard InChI is InChI=1S/C20H29F3N4O3/c1-4-26(11-13(2)3)17(10-24)19(29)25-14-5-6-16(15(9-14)20(21,22)23)27-7-8-30-12-18(27)28/h5-6,9,13,17H,4,7-8,10-12,24H2,1-3H3,(H,25,29)/t17-/m1/s1. The lowest BCUT2D eigenvalue weighted by Crippen LogP contribution is -2.49. The molecule has 2 rings (SSSR count). The zero-order valence-corrected chi connectivity index (χ0v) is 17.5. The van der Waals surface area contributed by atoms with Crippen LogP contribution >= 0.6 is 0 Å². The molecule has 0 aromatic heterocycles. The molecule has 0 bridgehead atoms. The normalized spacial score (nSPS) is 16.3. The van der Waals surface area contributed by atoms with E-state index in [0.29, 0.717) is 19.0 Å².